The molecule has 18 heavy (non-hydrogen) atoms. The molecule has 3 heterocycles. The van der Waals surface area contributed by atoms with Crippen LogP contribution >= 0.6 is 11.3 Å². The van der Waals surface area contributed by atoms with E-state index in [1.54, 1.807) is 6.20 Å². The third-order valence-corrected chi connectivity index (χ3v) is 4.34. The summed E-state index contributed by atoms with van der Waals surface area (Å²) in [6.45, 7) is 3.94. The molecule has 0 aliphatic carbocycles. The number of thiophene rings is 1. The summed E-state index contributed by atoms with van der Waals surface area (Å²) in [5.41, 5.74) is 3.12. The quantitative estimate of drug-likeness (QED) is 0.777. The number of hydrogen-bond acceptors (Lipinski definition) is 4. The molecule has 0 amide bonds. The van der Waals surface area contributed by atoms with Gasteiger partial charge in [0.15, 0.2) is 6.29 Å². The number of anilines is 1. The number of aryl methyl sites for hydroxylation is 1. The van der Waals surface area contributed by atoms with Crippen LogP contribution in [0.5, 0.6) is 0 Å². The molecule has 0 fully saturated rings. The number of aldehydes is 1. The molecule has 0 aromatic carbocycles. The molecule has 1 aliphatic heterocycles. The van der Waals surface area contributed by atoms with Crippen molar-refractivity contribution in [3.05, 3.63) is 45.3 Å². The van der Waals surface area contributed by atoms with Crippen LogP contribution in [0.1, 0.15) is 26.4 Å². The summed E-state index contributed by atoms with van der Waals surface area (Å²) >= 11 is 1.84. The van der Waals surface area contributed by atoms with Crippen molar-refractivity contribution in [1.82, 2.24) is 4.98 Å². The van der Waals surface area contributed by atoms with Crippen molar-refractivity contribution < 1.29 is 4.79 Å². The lowest BCUT2D eigenvalue weighted by molar-refractivity contribution is 0.112. The van der Waals surface area contributed by atoms with Crippen LogP contribution in [0.15, 0.2) is 23.7 Å². The van der Waals surface area contributed by atoms with Crippen LogP contribution in [0.4, 0.5) is 5.82 Å². The average Bonchev–Trinajstić information content (AvgIpc) is 2.85. The number of carbonyl (C=O) groups excluding carboxylic acids is 1. The molecule has 3 rings (SSSR count). The zero-order chi connectivity index (χ0) is 12.5. The van der Waals surface area contributed by atoms with Crippen molar-refractivity contribution >= 4 is 23.4 Å². The molecule has 0 radical (unpaired) electrons. The summed E-state index contributed by atoms with van der Waals surface area (Å²) in [7, 11) is 0. The molecule has 0 bridgehead atoms. The van der Waals surface area contributed by atoms with E-state index < -0.39 is 0 Å². The van der Waals surface area contributed by atoms with Crippen molar-refractivity contribution in [1.29, 1.82) is 0 Å². The van der Waals surface area contributed by atoms with Crippen LogP contribution in [0, 0.1) is 6.92 Å². The van der Waals surface area contributed by atoms with Crippen molar-refractivity contribution in [2.24, 2.45) is 0 Å². The van der Waals surface area contributed by atoms with E-state index >= 15 is 0 Å². The molecular formula is C14H14N2OS. The zero-order valence-corrected chi connectivity index (χ0v) is 11.0. The second-order valence-electron chi connectivity index (χ2n) is 4.57. The molecule has 2 aromatic rings. The highest BCUT2D eigenvalue weighted by Gasteiger charge is 2.19. The standard InChI is InChI=1S/C14H14N2OS/c1-10-6-11(9-17)7-15-14(10)16-4-2-13-12(8-16)3-5-18-13/h3,5-7,9H,2,4,8H2,1H3. The van der Waals surface area contributed by atoms with Gasteiger partial charge in [-0.2, -0.15) is 0 Å². The first-order chi connectivity index (χ1) is 8.78. The molecule has 0 atom stereocenters. The molecule has 3 nitrogen and oxygen atoms in total. The van der Waals surface area contributed by atoms with Gasteiger partial charge < -0.3 is 4.90 Å². The lowest BCUT2D eigenvalue weighted by Gasteiger charge is -2.29. The smallest absolute Gasteiger partial charge is 0.151 e. The highest BCUT2D eigenvalue weighted by atomic mass is 32.1. The Labute approximate surface area is 110 Å². The first kappa shape index (κ1) is 11.4. The Hall–Kier alpha value is -1.68. The van der Waals surface area contributed by atoms with E-state index in [9.17, 15) is 4.79 Å². The number of nitrogens with zero attached hydrogens (tertiary/aromatic N) is 2. The van der Waals surface area contributed by atoms with Crippen LogP contribution in [0.2, 0.25) is 0 Å². The Morgan fingerprint density at radius 3 is 3.17 bits per heavy atom. The summed E-state index contributed by atoms with van der Waals surface area (Å²) < 4.78 is 0. The fourth-order valence-electron chi connectivity index (χ4n) is 2.41. The van der Waals surface area contributed by atoms with Gasteiger partial charge in [-0.3, -0.25) is 4.79 Å². The molecule has 92 valence electrons. The molecule has 4 heteroatoms. The van der Waals surface area contributed by atoms with Gasteiger partial charge in [-0.05, 0) is 42.0 Å². The van der Waals surface area contributed by atoms with E-state index in [4.69, 9.17) is 0 Å². The minimum atomic E-state index is 0.643. The zero-order valence-electron chi connectivity index (χ0n) is 10.2. The van der Waals surface area contributed by atoms with Gasteiger partial charge in [0.25, 0.3) is 0 Å². The minimum Gasteiger partial charge on any atom is -0.352 e. The third kappa shape index (κ3) is 1.93. The van der Waals surface area contributed by atoms with E-state index in [0.717, 1.165) is 37.2 Å². The monoisotopic (exact) mass is 258 g/mol. The number of rotatable bonds is 2. The predicted molar refractivity (Wildman–Crippen MR) is 73.4 cm³/mol. The normalized spacial score (nSPS) is 14.4. The highest BCUT2D eigenvalue weighted by molar-refractivity contribution is 7.10. The molecule has 0 N–H and O–H groups in total. The summed E-state index contributed by atoms with van der Waals surface area (Å²) in [4.78, 5) is 18.9. The van der Waals surface area contributed by atoms with Crippen LogP contribution < -0.4 is 4.90 Å². The van der Waals surface area contributed by atoms with Crippen molar-refractivity contribution in [2.45, 2.75) is 19.9 Å². The fourth-order valence-corrected chi connectivity index (χ4v) is 3.30. The summed E-state index contributed by atoms with van der Waals surface area (Å²) in [6.07, 6.45) is 3.58. The third-order valence-electron chi connectivity index (χ3n) is 3.32. The maximum atomic E-state index is 10.7. The molecule has 0 saturated carbocycles. The van der Waals surface area contributed by atoms with Crippen LogP contribution in [0.3, 0.4) is 0 Å². The minimum absolute atomic E-state index is 0.643. The highest BCUT2D eigenvalue weighted by Crippen LogP contribution is 2.28. The van der Waals surface area contributed by atoms with Gasteiger partial charge in [0.2, 0.25) is 0 Å². The van der Waals surface area contributed by atoms with Crippen LogP contribution in [-0.2, 0) is 13.0 Å². The van der Waals surface area contributed by atoms with E-state index in [2.05, 4.69) is 21.3 Å². The Morgan fingerprint density at radius 2 is 2.39 bits per heavy atom. The van der Waals surface area contributed by atoms with E-state index in [0.29, 0.717) is 5.56 Å². The topological polar surface area (TPSA) is 33.2 Å². The molecule has 2 aromatic heterocycles. The Kier molecular flexibility index (Phi) is 2.88. The maximum Gasteiger partial charge on any atom is 0.151 e. The van der Waals surface area contributed by atoms with Crippen molar-refractivity contribution in [3.63, 3.8) is 0 Å². The summed E-state index contributed by atoms with van der Waals surface area (Å²) in [5.74, 6) is 0.998. The maximum absolute atomic E-state index is 10.7. The number of hydrogen-bond donors (Lipinski definition) is 0. The number of fused-ring (bicyclic) bond motifs is 1. The first-order valence-corrected chi connectivity index (χ1v) is 6.88. The SMILES string of the molecule is Cc1cc(C=O)cnc1N1CCc2sccc2C1. The molecule has 1 aliphatic rings. The molecule has 0 unspecified atom stereocenters. The average molecular weight is 258 g/mol. The Bertz CT molecular complexity index is 591. The second kappa shape index (κ2) is 4.53. The number of aromatic nitrogens is 1. The van der Waals surface area contributed by atoms with Crippen molar-refractivity contribution in [2.75, 3.05) is 11.4 Å². The fraction of sp³-hybridized carbons (Fsp3) is 0.286. The molecular weight excluding hydrogens is 244 g/mol. The Morgan fingerprint density at radius 1 is 1.50 bits per heavy atom. The lowest BCUT2D eigenvalue weighted by atomic mass is 10.1. The van der Waals surface area contributed by atoms with E-state index in [1.807, 2.05) is 24.3 Å². The van der Waals surface area contributed by atoms with Crippen molar-refractivity contribution in [3.8, 4) is 0 Å². The number of pyridine rings is 1. The summed E-state index contributed by atoms with van der Waals surface area (Å²) in [6, 6.07) is 4.10. The second-order valence-corrected chi connectivity index (χ2v) is 5.57. The summed E-state index contributed by atoms with van der Waals surface area (Å²) in [5, 5.41) is 2.16. The van der Waals surface area contributed by atoms with E-state index in [-0.39, 0.29) is 0 Å². The van der Waals surface area contributed by atoms with Gasteiger partial charge in [0, 0.05) is 29.7 Å². The lowest BCUT2D eigenvalue weighted by Crippen LogP contribution is -2.30. The van der Waals surface area contributed by atoms with Gasteiger partial charge in [-0.25, -0.2) is 4.98 Å². The largest absolute Gasteiger partial charge is 0.352 e. The van der Waals surface area contributed by atoms with Crippen LogP contribution in [0.25, 0.3) is 0 Å². The molecule has 0 spiro atoms. The first-order valence-electron chi connectivity index (χ1n) is 6.00. The number of carbonyl (C=O) groups is 1. The van der Waals surface area contributed by atoms with Gasteiger partial charge in [0.1, 0.15) is 5.82 Å². The van der Waals surface area contributed by atoms with E-state index in [1.165, 1.54) is 10.4 Å². The van der Waals surface area contributed by atoms with Crippen LogP contribution in [-0.4, -0.2) is 17.8 Å². The van der Waals surface area contributed by atoms with Gasteiger partial charge in [0.05, 0.1) is 0 Å². The predicted octanol–water partition coefficient (Wildman–Crippen LogP) is 2.83. The van der Waals surface area contributed by atoms with Gasteiger partial charge in [-0.1, -0.05) is 0 Å². The molecule has 0 saturated heterocycles. The Balaban J connectivity index is 1.90. The van der Waals surface area contributed by atoms with Gasteiger partial charge in [-0.15, -0.1) is 11.3 Å². The van der Waals surface area contributed by atoms with Gasteiger partial charge >= 0.3 is 0 Å².